The summed E-state index contributed by atoms with van der Waals surface area (Å²) in [6.45, 7) is 8.10. The number of nitrogens with zero attached hydrogens (tertiary/aromatic N) is 1. The quantitative estimate of drug-likeness (QED) is 0.896. The van der Waals surface area contributed by atoms with Crippen LogP contribution in [0.25, 0.3) is 0 Å². The molecule has 1 aromatic carbocycles. The average Bonchev–Trinajstić information content (AvgIpc) is 2.73. The highest BCUT2D eigenvalue weighted by molar-refractivity contribution is 5.24. The molecule has 0 aromatic heterocycles. The van der Waals surface area contributed by atoms with Crippen LogP contribution in [0.15, 0.2) is 24.3 Å². The third-order valence-electron chi connectivity index (χ3n) is 4.66. The fourth-order valence-electron chi connectivity index (χ4n) is 3.43. The molecule has 104 valence electrons. The van der Waals surface area contributed by atoms with Gasteiger partial charge in [-0.2, -0.15) is 0 Å². The summed E-state index contributed by atoms with van der Waals surface area (Å²) in [5.74, 6) is 0.632. The lowest BCUT2D eigenvalue weighted by Crippen LogP contribution is -2.34. The Morgan fingerprint density at radius 3 is 2.58 bits per heavy atom. The zero-order chi connectivity index (χ0) is 13.2. The van der Waals surface area contributed by atoms with Crippen molar-refractivity contribution in [1.82, 2.24) is 10.2 Å². The van der Waals surface area contributed by atoms with Gasteiger partial charge in [-0.1, -0.05) is 38.1 Å². The van der Waals surface area contributed by atoms with Crippen molar-refractivity contribution in [3.8, 4) is 0 Å². The third kappa shape index (κ3) is 3.18. The van der Waals surface area contributed by atoms with Crippen LogP contribution in [0.3, 0.4) is 0 Å². The number of rotatable bonds is 3. The number of benzene rings is 1. The number of likely N-dealkylation sites (tertiary alicyclic amines) is 1. The smallest absolute Gasteiger partial charge is 0.0234 e. The van der Waals surface area contributed by atoms with Crippen LogP contribution in [0.2, 0.25) is 0 Å². The molecule has 1 aromatic rings. The van der Waals surface area contributed by atoms with Crippen molar-refractivity contribution in [3.05, 3.63) is 35.4 Å². The van der Waals surface area contributed by atoms with Crippen molar-refractivity contribution in [2.45, 2.75) is 57.7 Å². The van der Waals surface area contributed by atoms with Crippen molar-refractivity contribution >= 4 is 0 Å². The molecule has 3 rings (SSSR count). The molecular weight excluding hydrogens is 232 g/mol. The Labute approximate surface area is 117 Å². The number of nitrogens with one attached hydrogen (secondary N) is 1. The summed E-state index contributed by atoms with van der Waals surface area (Å²) in [7, 11) is 0. The Bertz CT molecular complexity index is 410. The lowest BCUT2D eigenvalue weighted by molar-refractivity contribution is 0.251. The Morgan fingerprint density at radius 1 is 1.11 bits per heavy atom. The van der Waals surface area contributed by atoms with Gasteiger partial charge in [-0.05, 0) is 36.3 Å². The first-order chi connectivity index (χ1) is 9.20. The standard InChI is InChI=1S/C17H26N2/c1-13(2)15-5-3-14(4-6-15)11-19-10-9-16-7-8-17(12-19)18-16/h3-6,13,16-18H,7-12H2,1-2H3. The summed E-state index contributed by atoms with van der Waals surface area (Å²) >= 11 is 0. The molecule has 2 nitrogen and oxygen atoms in total. The summed E-state index contributed by atoms with van der Waals surface area (Å²) in [5.41, 5.74) is 2.91. The molecule has 0 amide bonds. The summed E-state index contributed by atoms with van der Waals surface area (Å²) in [5, 5.41) is 3.75. The van der Waals surface area contributed by atoms with E-state index in [-0.39, 0.29) is 0 Å². The van der Waals surface area contributed by atoms with Gasteiger partial charge >= 0.3 is 0 Å². The van der Waals surface area contributed by atoms with Crippen molar-refractivity contribution in [3.63, 3.8) is 0 Å². The van der Waals surface area contributed by atoms with Gasteiger partial charge < -0.3 is 5.32 Å². The Kier molecular flexibility index (Phi) is 3.90. The fourth-order valence-corrected chi connectivity index (χ4v) is 3.43. The van der Waals surface area contributed by atoms with Gasteiger partial charge in [0.1, 0.15) is 0 Å². The van der Waals surface area contributed by atoms with Crippen molar-refractivity contribution in [1.29, 1.82) is 0 Å². The summed E-state index contributed by atoms with van der Waals surface area (Å²) < 4.78 is 0. The molecule has 0 radical (unpaired) electrons. The molecule has 2 atom stereocenters. The molecule has 0 aliphatic carbocycles. The zero-order valence-corrected chi connectivity index (χ0v) is 12.2. The van der Waals surface area contributed by atoms with Crippen molar-refractivity contribution in [2.24, 2.45) is 0 Å². The van der Waals surface area contributed by atoms with E-state index in [0.717, 1.165) is 18.6 Å². The Hall–Kier alpha value is -0.860. The maximum atomic E-state index is 3.75. The second-order valence-corrected chi connectivity index (χ2v) is 6.56. The minimum absolute atomic E-state index is 0.632. The van der Waals surface area contributed by atoms with Gasteiger partial charge in [0.05, 0.1) is 0 Å². The van der Waals surface area contributed by atoms with Crippen LogP contribution in [0.4, 0.5) is 0 Å². The maximum Gasteiger partial charge on any atom is 0.0234 e. The lowest BCUT2D eigenvalue weighted by Gasteiger charge is -2.24. The van der Waals surface area contributed by atoms with Crippen molar-refractivity contribution < 1.29 is 0 Å². The first-order valence-electron chi connectivity index (χ1n) is 7.78. The topological polar surface area (TPSA) is 15.3 Å². The van der Waals surface area contributed by atoms with Gasteiger partial charge in [0.2, 0.25) is 0 Å². The second-order valence-electron chi connectivity index (χ2n) is 6.56. The molecule has 1 N–H and O–H groups in total. The largest absolute Gasteiger partial charge is 0.310 e. The molecule has 2 bridgehead atoms. The first kappa shape index (κ1) is 13.1. The molecular formula is C17H26N2. The van der Waals surface area contributed by atoms with Crippen LogP contribution in [-0.2, 0) is 6.54 Å². The van der Waals surface area contributed by atoms with Gasteiger partial charge in [-0.3, -0.25) is 4.90 Å². The van der Waals surface area contributed by atoms with E-state index >= 15 is 0 Å². The average molecular weight is 258 g/mol. The third-order valence-corrected chi connectivity index (χ3v) is 4.66. The number of hydrogen-bond acceptors (Lipinski definition) is 2. The van der Waals surface area contributed by atoms with Crippen LogP contribution >= 0.6 is 0 Å². The molecule has 19 heavy (non-hydrogen) atoms. The van der Waals surface area contributed by atoms with E-state index in [9.17, 15) is 0 Å². The minimum atomic E-state index is 0.632. The molecule has 2 heterocycles. The van der Waals surface area contributed by atoms with E-state index in [1.54, 1.807) is 0 Å². The Morgan fingerprint density at radius 2 is 1.84 bits per heavy atom. The fraction of sp³-hybridized carbons (Fsp3) is 0.647. The predicted octanol–water partition coefficient (Wildman–Crippen LogP) is 3.14. The molecule has 2 aliphatic heterocycles. The number of hydrogen-bond donors (Lipinski definition) is 1. The molecule has 2 unspecified atom stereocenters. The van der Waals surface area contributed by atoms with E-state index in [2.05, 4.69) is 48.3 Å². The van der Waals surface area contributed by atoms with Gasteiger partial charge in [-0.25, -0.2) is 0 Å². The molecule has 2 fully saturated rings. The van der Waals surface area contributed by atoms with Crippen LogP contribution in [0, 0.1) is 0 Å². The normalized spacial score (nSPS) is 27.7. The minimum Gasteiger partial charge on any atom is -0.310 e. The van der Waals surface area contributed by atoms with Crippen molar-refractivity contribution in [2.75, 3.05) is 13.1 Å². The van der Waals surface area contributed by atoms with Gasteiger partial charge in [0.15, 0.2) is 0 Å². The monoisotopic (exact) mass is 258 g/mol. The SMILES string of the molecule is CC(C)c1ccc(CN2CCC3CCC(C2)N3)cc1. The molecule has 0 saturated carbocycles. The van der Waals surface area contributed by atoms with E-state index in [4.69, 9.17) is 0 Å². The maximum absolute atomic E-state index is 3.75. The molecule has 2 aliphatic rings. The lowest BCUT2D eigenvalue weighted by atomic mass is 10.0. The predicted molar refractivity (Wildman–Crippen MR) is 80.4 cm³/mol. The Balaban J connectivity index is 1.61. The van der Waals surface area contributed by atoms with Crippen LogP contribution in [0.1, 0.15) is 50.2 Å². The first-order valence-corrected chi connectivity index (χ1v) is 7.78. The highest BCUT2D eigenvalue weighted by atomic mass is 15.2. The number of fused-ring (bicyclic) bond motifs is 2. The molecule has 0 spiro atoms. The second kappa shape index (κ2) is 5.64. The van der Waals surface area contributed by atoms with E-state index < -0.39 is 0 Å². The molecule has 2 heteroatoms. The summed E-state index contributed by atoms with van der Waals surface area (Å²) in [6, 6.07) is 10.7. The van der Waals surface area contributed by atoms with Crippen LogP contribution in [0.5, 0.6) is 0 Å². The molecule has 2 saturated heterocycles. The van der Waals surface area contributed by atoms with Gasteiger partial charge in [-0.15, -0.1) is 0 Å². The highest BCUT2D eigenvalue weighted by Crippen LogP contribution is 2.22. The van der Waals surface area contributed by atoms with E-state index in [1.807, 2.05) is 0 Å². The summed E-state index contributed by atoms with van der Waals surface area (Å²) in [4.78, 5) is 2.63. The summed E-state index contributed by atoms with van der Waals surface area (Å²) in [6.07, 6.45) is 4.08. The highest BCUT2D eigenvalue weighted by Gasteiger charge is 2.28. The van der Waals surface area contributed by atoms with Crippen LogP contribution in [-0.4, -0.2) is 30.1 Å². The van der Waals surface area contributed by atoms with Crippen LogP contribution < -0.4 is 5.32 Å². The van der Waals surface area contributed by atoms with E-state index in [0.29, 0.717) is 5.92 Å². The van der Waals surface area contributed by atoms with Gasteiger partial charge in [0.25, 0.3) is 0 Å². The van der Waals surface area contributed by atoms with E-state index in [1.165, 1.54) is 43.5 Å². The zero-order valence-electron chi connectivity index (χ0n) is 12.2. The van der Waals surface area contributed by atoms with Gasteiger partial charge in [0, 0.05) is 31.7 Å².